The predicted molar refractivity (Wildman–Crippen MR) is 77.1 cm³/mol. The van der Waals surface area contributed by atoms with Gasteiger partial charge < -0.3 is 14.8 Å². The van der Waals surface area contributed by atoms with E-state index in [0.29, 0.717) is 6.42 Å². The van der Waals surface area contributed by atoms with Gasteiger partial charge in [0.25, 0.3) is 0 Å². The molecule has 1 heterocycles. The van der Waals surface area contributed by atoms with Crippen molar-refractivity contribution in [1.82, 2.24) is 15.3 Å². The molecule has 0 aliphatic rings. The normalized spacial score (nSPS) is 10.3. The van der Waals surface area contributed by atoms with Crippen molar-refractivity contribution in [3.05, 3.63) is 47.5 Å². The number of ether oxygens (including phenoxy) is 2. The van der Waals surface area contributed by atoms with Crippen LogP contribution in [-0.2, 0) is 13.0 Å². The Balaban J connectivity index is 2.19. The highest BCUT2D eigenvalue weighted by atomic mass is 16.5. The summed E-state index contributed by atoms with van der Waals surface area (Å²) in [6.45, 7) is 0.738. The summed E-state index contributed by atoms with van der Waals surface area (Å²) in [6, 6.07) is 7.75. The van der Waals surface area contributed by atoms with E-state index in [9.17, 15) is 0 Å². The summed E-state index contributed by atoms with van der Waals surface area (Å²) in [7, 11) is 5.16. The van der Waals surface area contributed by atoms with E-state index in [-0.39, 0.29) is 0 Å². The van der Waals surface area contributed by atoms with Gasteiger partial charge in [-0.2, -0.15) is 0 Å². The molecule has 5 nitrogen and oxygen atoms in total. The maximum atomic E-state index is 5.30. The number of methoxy groups -OCH3 is 2. The molecule has 0 radical (unpaired) electrons. The number of hydrogen-bond acceptors (Lipinski definition) is 5. The standard InChI is InChI=1S/C15H19N3O2/c1-16-10-12-6-7-17-15(18-12)9-11-4-5-13(19-2)14(8-11)20-3/h4-8,16H,9-10H2,1-3H3. The first-order valence-electron chi connectivity index (χ1n) is 6.43. The topological polar surface area (TPSA) is 56.3 Å². The third-order valence-corrected chi connectivity index (χ3v) is 2.93. The van der Waals surface area contributed by atoms with E-state index in [0.717, 1.165) is 35.1 Å². The molecule has 0 spiro atoms. The third kappa shape index (κ3) is 3.45. The van der Waals surface area contributed by atoms with Gasteiger partial charge in [0.1, 0.15) is 5.82 Å². The number of benzene rings is 1. The van der Waals surface area contributed by atoms with Crippen LogP contribution >= 0.6 is 0 Å². The lowest BCUT2D eigenvalue weighted by atomic mass is 10.1. The summed E-state index contributed by atoms with van der Waals surface area (Å²) in [6.07, 6.45) is 2.45. The van der Waals surface area contributed by atoms with E-state index >= 15 is 0 Å². The molecule has 0 bridgehead atoms. The molecule has 2 rings (SSSR count). The first-order chi connectivity index (χ1) is 9.76. The quantitative estimate of drug-likeness (QED) is 0.870. The molecular formula is C15H19N3O2. The van der Waals surface area contributed by atoms with Crippen LogP contribution in [-0.4, -0.2) is 31.2 Å². The summed E-state index contributed by atoms with van der Waals surface area (Å²) in [5.74, 6) is 2.24. The van der Waals surface area contributed by atoms with Gasteiger partial charge in [0.15, 0.2) is 11.5 Å². The van der Waals surface area contributed by atoms with Crippen molar-refractivity contribution in [3.63, 3.8) is 0 Å². The van der Waals surface area contributed by atoms with Crippen LogP contribution in [0.1, 0.15) is 17.1 Å². The first-order valence-corrected chi connectivity index (χ1v) is 6.43. The molecule has 0 saturated carbocycles. The molecule has 106 valence electrons. The fourth-order valence-corrected chi connectivity index (χ4v) is 1.98. The van der Waals surface area contributed by atoms with Crippen LogP contribution in [0.15, 0.2) is 30.5 Å². The molecule has 0 saturated heterocycles. The second kappa shape index (κ2) is 6.86. The molecule has 1 aromatic heterocycles. The van der Waals surface area contributed by atoms with Crippen molar-refractivity contribution in [2.24, 2.45) is 0 Å². The minimum Gasteiger partial charge on any atom is -0.493 e. The van der Waals surface area contributed by atoms with Crippen molar-refractivity contribution >= 4 is 0 Å². The van der Waals surface area contributed by atoms with E-state index < -0.39 is 0 Å². The monoisotopic (exact) mass is 273 g/mol. The Labute approximate surface area is 119 Å². The van der Waals surface area contributed by atoms with Crippen molar-refractivity contribution < 1.29 is 9.47 Å². The lowest BCUT2D eigenvalue weighted by Gasteiger charge is -2.09. The summed E-state index contributed by atoms with van der Waals surface area (Å²) >= 11 is 0. The van der Waals surface area contributed by atoms with Crippen molar-refractivity contribution in [1.29, 1.82) is 0 Å². The zero-order valence-corrected chi connectivity index (χ0v) is 12.0. The number of hydrogen-bond donors (Lipinski definition) is 1. The van der Waals surface area contributed by atoms with Gasteiger partial charge in [0, 0.05) is 19.2 Å². The van der Waals surface area contributed by atoms with Gasteiger partial charge in [-0.25, -0.2) is 9.97 Å². The Morgan fingerprint density at radius 3 is 2.60 bits per heavy atom. The minimum atomic E-state index is 0.665. The van der Waals surface area contributed by atoms with Gasteiger partial charge in [-0.05, 0) is 30.8 Å². The second-order valence-electron chi connectivity index (χ2n) is 4.36. The van der Waals surface area contributed by atoms with E-state index in [4.69, 9.17) is 9.47 Å². The summed E-state index contributed by atoms with van der Waals surface area (Å²) in [5.41, 5.74) is 2.07. The lowest BCUT2D eigenvalue weighted by molar-refractivity contribution is 0.354. The Hall–Kier alpha value is -2.14. The largest absolute Gasteiger partial charge is 0.493 e. The highest BCUT2D eigenvalue weighted by Gasteiger charge is 2.07. The molecule has 1 N–H and O–H groups in total. The Bertz CT molecular complexity index is 573. The number of aromatic nitrogens is 2. The zero-order chi connectivity index (χ0) is 14.4. The van der Waals surface area contributed by atoms with Crippen LogP contribution in [0.2, 0.25) is 0 Å². The molecule has 0 unspecified atom stereocenters. The molecule has 2 aromatic rings. The van der Waals surface area contributed by atoms with Gasteiger partial charge in [-0.1, -0.05) is 6.07 Å². The molecule has 0 fully saturated rings. The van der Waals surface area contributed by atoms with Gasteiger partial charge in [0.05, 0.1) is 19.9 Å². The molecule has 1 aromatic carbocycles. The second-order valence-corrected chi connectivity index (χ2v) is 4.36. The molecule has 5 heteroatoms. The smallest absolute Gasteiger partial charge is 0.161 e. The number of nitrogens with one attached hydrogen (secondary N) is 1. The molecule has 20 heavy (non-hydrogen) atoms. The van der Waals surface area contributed by atoms with E-state index in [1.165, 1.54) is 0 Å². The van der Waals surface area contributed by atoms with Gasteiger partial charge in [-0.15, -0.1) is 0 Å². The van der Waals surface area contributed by atoms with Crippen molar-refractivity contribution in [2.45, 2.75) is 13.0 Å². The molecule has 0 amide bonds. The SMILES string of the molecule is CNCc1ccnc(Cc2ccc(OC)c(OC)c2)n1. The van der Waals surface area contributed by atoms with Crippen LogP contribution in [0.4, 0.5) is 0 Å². The maximum absolute atomic E-state index is 5.30. The maximum Gasteiger partial charge on any atom is 0.161 e. The fraction of sp³-hybridized carbons (Fsp3) is 0.333. The fourth-order valence-electron chi connectivity index (χ4n) is 1.98. The van der Waals surface area contributed by atoms with Crippen molar-refractivity contribution in [3.8, 4) is 11.5 Å². The molecule has 0 atom stereocenters. The van der Waals surface area contributed by atoms with Crippen LogP contribution < -0.4 is 14.8 Å². The van der Waals surface area contributed by atoms with Crippen LogP contribution in [0.25, 0.3) is 0 Å². The van der Waals surface area contributed by atoms with E-state index in [1.54, 1.807) is 20.4 Å². The van der Waals surface area contributed by atoms with Gasteiger partial charge in [0.2, 0.25) is 0 Å². The van der Waals surface area contributed by atoms with E-state index in [2.05, 4.69) is 15.3 Å². The number of rotatable bonds is 6. The Kier molecular flexibility index (Phi) is 4.90. The van der Waals surface area contributed by atoms with Crippen LogP contribution in [0.3, 0.4) is 0 Å². The first kappa shape index (κ1) is 14.3. The van der Waals surface area contributed by atoms with Gasteiger partial charge in [-0.3, -0.25) is 0 Å². The van der Waals surface area contributed by atoms with Crippen LogP contribution in [0.5, 0.6) is 11.5 Å². The Morgan fingerprint density at radius 2 is 1.90 bits per heavy atom. The van der Waals surface area contributed by atoms with Crippen LogP contribution in [0, 0.1) is 0 Å². The third-order valence-electron chi connectivity index (χ3n) is 2.93. The highest BCUT2D eigenvalue weighted by molar-refractivity contribution is 5.43. The minimum absolute atomic E-state index is 0.665. The van der Waals surface area contributed by atoms with E-state index in [1.807, 2.05) is 31.3 Å². The zero-order valence-electron chi connectivity index (χ0n) is 12.0. The molecule has 0 aliphatic heterocycles. The van der Waals surface area contributed by atoms with Gasteiger partial charge >= 0.3 is 0 Å². The predicted octanol–water partition coefficient (Wildman–Crippen LogP) is 1.80. The summed E-state index contributed by atoms with van der Waals surface area (Å²) in [4.78, 5) is 8.81. The number of nitrogens with zero attached hydrogens (tertiary/aromatic N) is 2. The Morgan fingerprint density at radius 1 is 1.10 bits per heavy atom. The summed E-state index contributed by atoms with van der Waals surface area (Å²) < 4.78 is 10.5. The molecular weight excluding hydrogens is 254 g/mol. The average Bonchev–Trinajstić information content (AvgIpc) is 2.48. The lowest BCUT2D eigenvalue weighted by Crippen LogP contribution is -2.09. The highest BCUT2D eigenvalue weighted by Crippen LogP contribution is 2.28. The average molecular weight is 273 g/mol. The summed E-state index contributed by atoms with van der Waals surface area (Å²) in [5, 5.41) is 3.08. The van der Waals surface area contributed by atoms with Crippen molar-refractivity contribution in [2.75, 3.05) is 21.3 Å². The molecule has 0 aliphatic carbocycles.